The van der Waals surface area contributed by atoms with Gasteiger partial charge in [-0.2, -0.15) is 5.10 Å². The molecule has 0 spiro atoms. The predicted octanol–water partition coefficient (Wildman–Crippen LogP) is 2.72. The van der Waals surface area contributed by atoms with Crippen LogP contribution in [0, 0.1) is 0 Å². The number of amides is 1. The van der Waals surface area contributed by atoms with E-state index in [1.54, 1.807) is 48.6 Å². The van der Waals surface area contributed by atoms with Gasteiger partial charge in [0.05, 0.1) is 22.4 Å². The summed E-state index contributed by atoms with van der Waals surface area (Å²) in [4.78, 5) is 26.0. The highest BCUT2D eigenvalue weighted by Crippen LogP contribution is 2.41. The van der Waals surface area contributed by atoms with Crippen molar-refractivity contribution in [2.45, 2.75) is 49.5 Å². The van der Waals surface area contributed by atoms with Crippen LogP contribution in [0.2, 0.25) is 0 Å². The zero-order valence-corrected chi connectivity index (χ0v) is 17.8. The van der Waals surface area contributed by atoms with Gasteiger partial charge in [-0.15, -0.1) is 0 Å². The van der Waals surface area contributed by atoms with Crippen LogP contribution in [0.3, 0.4) is 0 Å². The topological polar surface area (TPSA) is 119 Å². The molecule has 30 heavy (non-hydrogen) atoms. The molecule has 1 amide bonds. The monoisotopic (exact) mass is 433 g/mol. The van der Waals surface area contributed by atoms with Gasteiger partial charge in [-0.3, -0.25) is 4.68 Å². The number of carbonyl (C=O) groups excluding carboxylic acids is 1. The van der Waals surface area contributed by atoms with Crippen LogP contribution < -0.4 is 0 Å². The van der Waals surface area contributed by atoms with Crippen molar-refractivity contribution in [1.82, 2.24) is 14.7 Å². The number of hydrogen-bond acceptors (Lipinski definition) is 6. The Morgan fingerprint density at radius 1 is 1.23 bits per heavy atom. The highest BCUT2D eigenvalue weighted by molar-refractivity contribution is 7.90. The molecule has 160 valence electrons. The fourth-order valence-electron chi connectivity index (χ4n) is 3.96. The lowest BCUT2D eigenvalue weighted by Gasteiger charge is -2.25. The smallest absolute Gasteiger partial charge is 0.410 e. The maximum atomic E-state index is 12.7. The Balaban J connectivity index is 1.76. The molecule has 1 fully saturated rings. The highest BCUT2D eigenvalue weighted by Gasteiger charge is 2.39. The number of likely N-dealkylation sites (tertiary alicyclic amines) is 1. The molecule has 1 saturated heterocycles. The van der Waals surface area contributed by atoms with Gasteiger partial charge < -0.3 is 14.7 Å². The van der Waals surface area contributed by atoms with Crippen LogP contribution in [-0.2, 0) is 20.3 Å². The number of aromatic nitrogens is 2. The van der Waals surface area contributed by atoms with Crippen molar-refractivity contribution >= 4 is 21.9 Å². The Bertz CT molecular complexity index is 1150. The second-order valence-electron chi connectivity index (χ2n) is 8.55. The maximum absolute atomic E-state index is 12.7. The average molecular weight is 433 g/mol. The van der Waals surface area contributed by atoms with Gasteiger partial charge in [0.25, 0.3) is 0 Å². The fourth-order valence-corrected chi connectivity index (χ4v) is 5.56. The number of rotatable bonds is 2. The summed E-state index contributed by atoms with van der Waals surface area (Å²) in [6.07, 6.45) is 0.119. The van der Waals surface area contributed by atoms with Crippen molar-refractivity contribution in [1.29, 1.82) is 0 Å². The minimum atomic E-state index is -3.67. The van der Waals surface area contributed by atoms with Crippen molar-refractivity contribution in [3.05, 3.63) is 35.5 Å². The minimum Gasteiger partial charge on any atom is -0.476 e. The summed E-state index contributed by atoms with van der Waals surface area (Å²) >= 11 is 0. The molecule has 2 aliphatic heterocycles. The van der Waals surface area contributed by atoms with Crippen LogP contribution in [0.4, 0.5) is 4.79 Å². The maximum Gasteiger partial charge on any atom is 0.410 e. The molecule has 0 radical (unpaired) electrons. The quantitative estimate of drug-likeness (QED) is 0.773. The summed E-state index contributed by atoms with van der Waals surface area (Å²) in [6.45, 7) is 6.12. The normalized spacial score (nSPS) is 19.8. The van der Waals surface area contributed by atoms with Crippen LogP contribution in [0.5, 0.6) is 0 Å². The number of carboxylic acids is 1. The zero-order chi connectivity index (χ0) is 21.8. The number of fused-ring (bicyclic) bond motifs is 3. The molecule has 0 bridgehead atoms. The van der Waals surface area contributed by atoms with Crippen LogP contribution >= 0.6 is 0 Å². The molecule has 1 aromatic heterocycles. The van der Waals surface area contributed by atoms with Crippen LogP contribution in [0.25, 0.3) is 11.3 Å². The van der Waals surface area contributed by atoms with Gasteiger partial charge in [-0.1, -0.05) is 18.2 Å². The predicted molar refractivity (Wildman–Crippen MR) is 107 cm³/mol. The fraction of sp³-hybridized carbons (Fsp3) is 0.450. The molecule has 9 nitrogen and oxygen atoms in total. The van der Waals surface area contributed by atoms with E-state index in [9.17, 15) is 23.1 Å². The summed E-state index contributed by atoms with van der Waals surface area (Å²) < 4.78 is 32.4. The molecular formula is C20H23N3O6S. The van der Waals surface area contributed by atoms with Gasteiger partial charge in [0, 0.05) is 24.2 Å². The number of benzene rings is 1. The third kappa shape index (κ3) is 3.45. The number of carbonyl (C=O) groups is 2. The molecular weight excluding hydrogens is 410 g/mol. The third-order valence-electron chi connectivity index (χ3n) is 5.18. The molecule has 3 heterocycles. The highest BCUT2D eigenvalue weighted by atomic mass is 32.2. The van der Waals surface area contributed by atoms with Crippen molar-refractivity contribution in [3.8, 4) is 11.3 Å². The van der Waals surface area contributed by atoms with E-state index in [-0.39, 0.29) is 22.2 Å². The Hall–Kier alpha value is -2.88. The second-order valence-corrected chi connectivity index (χ2v) is 10.5. The molecule has 1 aromatic carbocycles. The Morgan fingerprint density at radius 3 is 2.60 bits per heavy atom. The SMILES string of the molecule is CC(C)(C)OC(=O)N1CCC(n2nc(C(=O)O)c3c2-c2ccccc2S(=O)(=O)C3)C1. The van der Waals surface area contributed by atoms with E-state index in [0.29, 0.717) is 30.8 Å². The molecule has 1 unspecified atom stereocenters. The van der Waals surface area contributed by atoms with E-state index < -0.39 is 33.3 Å². The summed E-state index contributed by atoms with van der Waals surface area (Å²) in [5.41, 5.74) is 0.239. The summed E-state index contributed by atoms with van der Waals surface area (Å²) in [6, 6.07) is 6.25. The molecule has 1 atom stereocenters. The van der Waals surface area contributed by atoms with Crippen LogP contribution in [-0.4, -0.2) is 59.0 Å². The molecule has 0 aliphatic carbocycles. The first kappa shape index (κ1) is 20.4. The van der Waals surface area contributed by atoms with Gasteiger partial charge in [0.15, 0.2) is 15.5 Å². The number of hydrogen-bond donors (Lipinski definition) is 1. The van der Waals surface area contributed by atoms with E-state index in [0.717, 1.165) is 0 Å². The Labute approximate surface area is 174 Å². The van der Waals surface area contributed by atoms with E-state index >= 15 is 0 Å². The van der Waals surface area contributed by atoms with Crippen LogP contribution in [0.15, 0.2) is 29.2 Å². The lowest BCUT2D eigenvalue weighted by molar-refractivity contribution is 0.0288. The Morgan fingerprint density at radius 2 is 1.93 bits per heavy atom. The number of aromatic carboxylic acids is 1. The van der Waals surface area contributed by atoms with E-state index in [2.05, 4.69) is 5.10 Å². The summed E-state index contributed by atoms with van der Waals surface area (Å²) in [5, 5.41) is 13.9. The summed E-state index contributed by atoms with van der Waals surface area (Å²) in [5.74, 6) is -1.69. The number of sulfone groups is 1. The molecule has 2 aromatic rings. The lowest BCUT2D eigenvalue weighted by atomic mass is 10.1. The number of ether oxygens (including phenoxy) is 1. The molecule has 4 rings (SSSR count). The number of carboxylic acid groups (broad SMARTS) is 1. The zero-order valence-electron chi connectivity index (χ0n) is 17.0. The Kier molecular flexibility index (Phi) is 4.64. The largest absolute Gasteiger partial charge is 0.476 e. The van der Waals surface area contributed by atoms with Crippen molar-refractivity contribution < 1.29 is 27.9 Å². The van der Waals surface area contributed by atoms with E-state index in [4.69, 9.17) is 4.74 Å². The molecule has 1 N–H and O–H groups in total. The van der Waals surface area contributed by atoms with Gasteiger partial charge in [0.1, 0.15) is 5.60 Å². The van der Waals surface area contributed by atoms with E-state index in [1.165, 1.54) is 6.07 Å². The molecule has 10 heteroatoms. The van der Waals surface area contributed by atoms with Gasteiger partial charge >= 0.3 is 12.1 Å². The van der Waals surface area contributed by atoms with Gasteiger partial charge in [-0.05, 0) is 33.3 Å². The first-order chi connectivity index (χ1) is 14.0. The summed E-state index contributed by atoms with van der Waals surface area (Å²) in [7, 11) is -3.67. The van der Waals surface area contributed by atoms with Crippen molar-refractivity contribution in [2.24, 2.45) is 0 Å². The lowest BCUT2D eigenvalue weighted by Crippen LogP contribution is -2.35. The third-order valence-corrected chi connectivity index (χ3v) is 6.88. The van der Waals surface area contributed by atoms with Crippen molar-refractivity contribution in [3.63, 3.8) is 0 Å². The van der Waals surface area contributed by atoms with Crippen LogP contribution in [0.1, 0.15) is 49.3 Å². The average Bonchev–Trinajstić information content (AvgIpc) is 3.24. The van der Waals surface area contributed by atoms with E-state index in [1.807, 2.05) is 0 Å². The minimum absolute atomic E-state index is 0.164. The van der Waals surface area contributed by atoms with Gasteiger partial charge in [0.2, 0.25) is 0 Å². The first-order valence-electron chi connectivity index (χ1n) is 9.63. The first-order valence-corrected chi connectivity index (χ1v) is 11.3. The number of nitrogens with zero attached hydrogens (tertiary/aromatic N) is 3. The molecule has 0 saturated carbocycles. The second kappa shape index (κ2) is 6.83. The van der Waals surface area contributed by atoms with Gasteiger partial charge in [-0.25, -0.2) is 18.0 Å². The molecule has 2 aliphatic rings. The van der Waals surface area contributed by atoms with Crippen molar-refractivity contribution in [2.75, 3.05) is 13.1 Å². The standard InChI is InChI=1S/C20H23N3O6S/c1-20(2,3)29-19(26)22-9-8-12(10-22)23-17-13-6-4-5-7-15(13)30(27,28)11-14(17)16(21-23)18(24)25/h4-7,12H,8-11H2,1-3H3,(H,24,25).